The van der Waals surface area contributed by atoms with Gasteiger partial charge in [0.05, 0.1) is 17.4 Å². The molecule has 1 aliphatic rings. The van der Waals surface area contributed by atoms with Crippen molar-refractivity contribution in [2.75, 3.05) is 26.8 Å². The summed E-state index contributed by atoms with van der Waals surface area (Å²) in [5.41, 5.74) is 0. The summed E-state index contributed by atoms with van der Waals surface area (Å²) in [6.07, 6.45) is 0.855. The van der Waals surface area contributed by atoms with E-state index in [2.05, 4.69) is 0 Å². The van der Waals surface area contributed by atoms with Gasteiger partial charge in [0.25, 0.3) is 0 Å². The molecule has 1 saturated heterocycles. The quantitative estimate of drug-likeness (QED) is 0.783. The molecule has 7 heteroatoms. The van der Waals surface area contributed by atoms with Gasteiger partial charge in [-0.2, -0.15) is 4.31 Å². The van der Waals surface area contributed by atoms with Crippen LogP contribution in [0.15, 0.2) is 16.3 Å². The zero-order valence-electron chi connectivity index (χ0n) is 10.1. The van der Waals surface area contributed by atoms with Crippen LogP contribution < -0.4 is 0 Å². The van der Waals surface area contributed by atoms with E-state index in [-0.39, 0.29) is 5.88 Å². The van der Waals surface area contributed by atoms with Crippen molar-refractivity contribution >= 4 is 33.0 Å². The van der Waals surface area contributed by atoms with Crippen molar-refractivity contribution in [1.29, 1.82) is 0 Å². The summed E-state index contributed by atoms with van der Waals surface area (Å²) in [4.78, 5) is 1.08. The maximum Gasteiger partial charge on any atom is 0.244 e. The molecular weight excluding hydrogens is 294 g/mol. The minimum Gasteiger partial charge on any atom is -0.384 e. The molecule has 0 bridgehead atoms. The molecule has 2 rings (SSSR count). The van der Waals surface area contributed by atoms with E-state index in [0.29, 0.717) is 35.4 Å². The number of alkyl halides is 1. The fourth-order valence-electron chi connectivity index (χ4n) is 2.18. The first kappa shape index (κ1) is 14.3. The van der Waals surface area contributed by atoms with E-state index >= 15 is 0 Å². The molecule has 2 heterocycles. The molecule has 1 unspecified atom stereocenters. The fourth-order valence-corrected chi connectivity index (χ4v) is 5.39. The van der Waals surface area contributed by atoms with Gasteiger partial charge in [-0.1, -0.05) is 0 Å². The van der Waals surface area contributed by atoms with Gasteiger partial charge in [-0.25, -0.2) is 8.42 Å². The van der Waals surface area contributed by atoms with Gasteiger partial charge in [-0.05, 0) is 23.8 Å². The molecule has 102 valence electrons. The molecule has 0 N–H and O–H groups in total. The molecule has 1 fully saturated rings. The third kappa shape index (κ3) is 2.72. The Balaban J connectivity index is 2.18. The van der Waals surface area contributed by atoms with Crippen LogP contribution in [-0.4, -0.2) is 39.5 Å². The maximum atomic E-state index is 12.5. The molecule has 0 aliphatic carbocycles. The number of thiophene rings is 1. The normalized spacial score (nSPS) is 21.6. The van der Waals surface area contributed by atoms with Crippen LogP contribution in [0.4, 0.5) is 0 Å². The number of sulfonamides is 1. The maximum absolute atomic E-state index is 12.5. The molecule has 0 saturated carbocycles. The van der Waals surface area contributed by atoms with Crippen LogP contribution in [0.2, 0.25) is 0 Å². The molecule has 1 aliphatic heterocycles. The largest absolute Gasteiger partial charge is 0.384 e. The highest BCUT2D eigenvalue weighted by atomic mass is 35.5. The molecule has 0 radical (unpaired) electrons. The lowest BCUT2D eigenvalue weighted by atomic mass is 10.1. The second-order valence-corrected chi connectivity index (χ2v) is 7.49. The van der Waals surface area contributed by atoms with Gasteiger partial charge in [-0.3, -0.25) is 0 Å². The number of hydrogen-bond acceptors (Lipinski definition) is 4. The third-order valence-corrected chi connectivity index (χ3v) is 6.52. The lowest BCUT2D eigenvalue weighted by Gasteiger charge is -2.16. The van der Waals surface area contributed by atoms with Crippen molar-refractivity contribution in [2.24, 2.45) is 5.92 Å². The molecule has 0 spiro atoms. The monoisotopic (exact) mass is 309 g/mol. The van der Waals surface area contributed by atoms with Crippen LogP contribution in [0.25, 0.3) is 0 Å². The van der Waals surface area contributed by atoms with Gasteiger partial charge < -0.3 is 4.74 Å². The number of rotatable bonds is 5. The highest BCUT2D eigenvalue weighted by Gasteiger charge is 2.33. The molecular formula is C11H16ClNO3S2. The first-order chi connectivity index (χ1) is 8.59. The van der Waals surface area contributed by atoms with Crippen molar-refractivity contribution in [2.45, 2.75) is 17.2 Å². The molecule has 1 aromatic rings. The summed E-state index contributed by atoms with van der Waals surface area (Å²) in [7, 11) is -1.75. The van der Waals surface area contributed by atoms with E-state index in [9.17, 15) is 8.42 Å². The van der Waals surface area contributed by atoms with E-state index < -0.39 is 10.0 Å². The number of halogens is 1. The Kier molecular flexibility index (Phi) is 4.66. The fraction of sp³-hybridized carbons (Fsp3) is 0.636. The Morgan fingerprint density at radius 1 is 1.61 bits per heavy atom. The average Bonchev–Trinajstić information content (AvgIpc) is 2.97. The third-order valence-electron chi connectivity index (χ3n) is 3.09. The lowest BCUT2D eigenvalue weighted by Crippen LogP contribution is -2.29. The first-order valence-corrected chi connectivity index (χ1v) is 8.56. The van der Waals surface area contributed by atoms with Crippen molar-refractivity contribution in [3.8, 4) is 0 Å². The summed E-state index contributed by atoms with van der Waals surface area (Å²) < 4.78 is 31.5. The van der Waals surface area contributed by atoms with Crippen LogP contribution in [0.3, 0.4) is 0 Å². The summed E-state index contributed by atoms with van der Waals surface area (Å²) in [5.74, 6) is 0.532. The van der Waals surface area contributed by atoms with Crippen molar-refractivity contribution in [1.82, 2.24) is 4.31 Å². The number of hydrogen-bond donors (Lipinski definition) is 0. The standard InChI is InChI=1S/C11H16ClNO3S2/c1-16-8-9-2-4-13(7-9)18(14,15)11-3-5-17-10(11)6-12/h3,5,9H,2,4,6-8H2,1H3. The van der Waals surface area contributed by atoms with Crippen LogP contribution in [0.5, 0.6) is 0 Å². The van der Waals surface area contributed by atoms with Crippen molar-refractivity contribution < 1.29 is 13.2 Å². The van der Waals surface area contributed by atoms with E-state index in [1.54, 1.807) is 18.6 Å². The lowest BCUT2D eigenvalue weighted by molar-refractivity contribution is 0.157. The highest BCUT2D eigenvalue weighted by Crippen LogP contribution is 2.30. The summed E-state index contributed by atoms with van der Waals surface area (Å²) in [6.45, 7) is 1.71. The molecule has 0 amide bonds. The van der Waals surface area contributed by atoms with E-state index in [4.69, 9.17) is 16.3 Å². The minimum atomic E-state index is -3.39. The summed E-state index contributed by atoms with van der Waals surface area (Å²) in [5, 5.41) is 1.77. The molecule has 1 aromatic heterocycles. The highest BCUT2D eigenvalue weighted by molar-refractivity contribution is 7.89. The van der Waals surface area contributed by atoms with Crippen LogP contribution in [0, 0.1) is 5.92 Å². The Labute approximate surface area is 117 Å². The Morgan fingerprint density at radius 3 is 3.06 bits per heavy atom. The first-order valence-electron chi connectivity index (χ1n) is 5.71. The topological polar surface area (TPSA) is 46.6 Å². The van der Waals surface area contributed by atoms with Gasteiger partial charge in [0, 0.05) is 25.1 Å². The predicted molar refractivity (Wildman–Crippen MR) is 72.6 cm³/mol. The average molecular weight is 310 g/mol. The number of ether oxygens (including phenoxy) is 1. The van der Waals surface area contributed by atoms with Gasteiger partial charge in [-0.15, -0.1) is 22.9 Å². The second kappa shape index (κ2) is 5.88. The number of nitrogens with zero attached hydrogens (tertiary/aromatic N) is 1. The molecule has 18 heavy (non-hydrogen) atoms. The Hall–Kier alpha value is -0.140. The van der Waals surface area contributed by atoms with Gasteiger partial charge >= 0.3 is 0 Å². The van der Waals surface area contributed by atoms with Crippen LogP contribution >= 0.6 is 22.9 Å². The van der Waals surface area contributed by atoms with Crippen molar-refractivity contribution in [3.63, 3.8) is 0 Å². The zero-order valence-corrected chi connectivity index (χ0v) is 12.5. The zero-order chi connectivity index (χ0) is 13.2. The summed E-state index contributed by atoms with van der Waals surface area (Å²) >= 11 is 7.16. The van der Waals surface area contributed by atoms with Crippen molar-refractivity contribution in [3.05, 3.63) is 16.3 Å². The smallest absolute Gasteiger partial charge is 0.244 e. The second-order valence-electron chi connectivity index (χ2n) is 4.31. The van der Waals surface area contributed by atoms with Gasteiger partial charge in [0.1, 0.15) is 0 Å². The van der Waals surface area contributed by atoms with Crippen LogP contribution in [-0.2, 0) is 20.6 Å². The SMILES string of the molecule is COCC1CCN(S(=O)(=O)c2ccsc2CCl)C1. The van der Waals surface area contributed by atoms with Gasteiger partial charge in [0.15, 0.2) is 0 Å². The molecule has 4 nitrogen and oxygen atoms in total. The van der Waals surface area contributed by atoms with E-state index in [1.165, 1.54) is 15.6 Å². The molecule has 0 aromatic carbocycles. The Bertz CT molecular complexity index is 500. The van der Waals surface area contributed by atoms with E-state index in [1.807, 2.05) is 0 Å². The number of methoxy groups -OCH3 is 1. The van der Waals surface area contributed by atoms with E-state index in [0.717, 1.165) is 6.42 Å². The predicted octanol–water partition coefficient (Wildman–Crippen LogP) is 2.14. The van der Waals surface area contributed by atoms with Gasteiger partial charge in [0.2, 0.25) is 10.0 Å². The Morgan fingerprint density at radius 2 is 2.39 bits per heavy atom. The van der Waals surface area contributed by atoms with Crippen LogP contribution in [0.1, 0.15) is 11.3 Å². The minimum absolute atomic E-state index is 0.238. The summed E-state index contributed by atoms with van der Waals surface area (Å²) in [6, 6.07) is 1.64. The molecule has 1 atom stereocenters.